The summed E-state index contributed by atoms with van der Waals surface area (Å²) in [4.78, 5) is 4.10. The molecule has 76 valence electrons. The Balaban J connectivity index is 0. The first-order valence-electron chi connectivity index (χ1n) is 3.38. The van der Waals surface area contributed by atoms with Crippen molar-refractivity contribution in [2.24, 2.45) is 5.73 Å². The zero-order valence-electron chi connectivity index (χ0n) is 6.87. The first-order valence-corrected chi connectivity index (χ1v) is 4.17. The first kappa shape index (κ1) is 15.4. The van der Waals surface area contributed by atoms with Crippen LogP contribution in [0, 0.1) is 0 Å². The van der Waals surface area contributed by atoms with Crippen LogP contribution in [0.4, 0.5) is 5.82 Å². The van der Waals surface area contributed by atoms with Crippen LogP contribution < -0.4 is 11.1 Å². The van der Waals surface area contributed by atoms with E-state index in [-0.39, 0.29) is 24.8 Å². The van der Waals surface area contributed by atoms with E-state index in [4.69, 9.17) is 5.73 Å². The molecule has 6 heteroatoms. The number of rotatable bonds is 3. The van der Waals surface area contributed by atoms with E-state index < -0.39 is 0 Å². The van der Waals surface area contributed by atoms with Gasteiger partial charge in [-0.3, -0.25) is 0 Å². The predicted octanol–water partition coefficient (Wildman–Crippen LogP) is 2.06. The van der Waals surface area contributed by atoms with Gasteiger partial charge >= 0.3 is 0 Å². The third-order valence-electron chi connectivity index (χ3n) is 1.18. The SMILES string of the molecule is Cl.Cl.NCCNc1ccc(Br)cn1. The van der Waals surface area contributed by atoms with Gasteiger partial charge in [0.05, 0.1) is 0 Å². The molecule has 0 atom stereocenters. The lowest BCUT2D eigenvalue weighted by Crippen LogP contribution is -2.13. The van der Waals surface area contributed by atoms with Gasteiger partial charge < -0.3 is 11.1 Å². The van der Waals surface area contributed by atoms with Gasteiger partial charge in [-0.15, -0.1) is 24.8 Å². The van der Waals surface area contributed by atoms with Crippen LogP contribution in [0.2, 0.25) is 0 Å². The molecule has 0 saturated heterocycles. The van der Waals surface area contributed by atoms with Crippen LogP contribution in [0.25, 0.3) is 0 Å². The van der Waals surface area contributed by atoms with Crippen LogP contribution in [-0.2, 0) is 0 Å². The van der Waals surface area contributed by atoms with Gasteiger partial charge in [-0.2, -0.15) is 0 Å². The number of nitrogens with zero attached hydrogens (tertiary/aromatic N) is 1. The number of hydrogen-bond acceptors (Lipinski definition) is 3. The molecule has 0 aliphatic carbocycles. The maximum atomic E-state index is 5.31. The highest BCUT2D eigenvalue weighted by atomic mass is 79.9. The Morgan fingerprint density at radius 2 is 2.08 bits per heavy atom. The Kier molecular flexibility index (Phi) is 10.2. The van der Waals surface area contributed by atoms with Gasteiger partial charge in [0, 0.05) is 23.8 Å². The first-order chi connectivity index (χ1) is 5.33. The van der Waals surface area contributed by atoms with Crippen molar-refractivity contribution in [3.63, 3.8) is 0 Å². The summed E-state index contributed by atoms with van der Waals surface area (Å²) in [5.74, 6) is 0.860. The van der Waals surface area contributed by atoms with Gasteiger partial charge in [-0.05, 0) is 28.1 Å². The minimum Gasteiger partial charge on any atom is -0.369 e. The number of halogens is 3. The quantitative estimate of drug-likeness (QED) is 0.895. The van der Waals surface area contributed by atoms with Crippen LogP contribution in [-0.4, -0.2) is 18.1 Å². The monoisotopic (exact) mass is 287 g/mol. The van der Waals surface area contributed by atoms with Crippen molar-refractivity contribution < 1.29 is 0 Å². The highest BCUT2D eigenvalue weighted by Crippen LogP contribution is 2.09. The zero-order chi connectivity index (χ0) is 8.10. The minimum absolute atomic E-state index is 0. The van der Waals surface area contributed by atoms with E-state index in [2.05, 4.69) is 26.2 Å². The molecule has 3 N–H and O–H groups in total. The second kappa shape index (κ2) is 8.56. The molecule has 0 unspecified atom stereocenters. The summed E-state index contributed by atoms with van der Waals surface area (Å²) in [5.41, 5.74) is 5.31. The number of anilines is 1. The molecule has 0 fully saturated rings. The minimum atomic E-state index is 0. The van der Waals surface area contributed by atoms with Gasteiger partial charge in [-0.1, -0.05) is 0 Å². The van der Waals surface area contributed by atoms with E-state index in [0.717, 1.165) is 16.8 Å². The van der Waals surface area contributed by atoms with E-state index >= 15 is 0 Å². The third kappa shape index (κ3) is 6.10. The van der Waals surface area contributed by atoms with E-state index in [9.17, 15) is 0 Å². The molecular formula is C7H12BrCl2N3. The Morgan fingerprint density at radius 1 is 1.38 bits per heavy atom. The van der Waals surface area contributed by atoms with E-state index in [1.54, 1.807) is 6.20 Å². The predicted molar refractivity (Wildman–Crippen MR) is 64.0 cm³/mol. The smallest absolute Gasteiger partial charge is 0.126 e. The number of pyridine rings is 1. The van der Waals surface area contributed by atoms with E-state index in [1.165, 1.54) is 0 Å². The lowest BCUT2D eigenvalue weighted by molar-refractivity contribution is 1.01. The summed E-state index contributed by atoms with van der Waals surface area (Å²) in [6.45, 7) is 1.38. The molecule has 0 aliphatic rings. The second-order valence-corrected chi connectivity index (χ2v) is 2.99. The van der Waals surface area contributed by atoms with Gasteiger partial charge in [0.2, 0.25) is 0 Å². The normalized spacial score (nSPS) is 8.15. The Hall–Kier alpha value is -0.0300. The third-order valence-corrected chi connectivity index (χ3v) is 1.65. The fourth-order valence-corrected chi connectivity index (χ4v) is 0.915. The maximum absolute atomic E-state index is 5.31. The number of aromatic nitrogens is 1. The summed E-state index contributed by atoms with van der Waals surface area (Å²) in [6, 6.07) is 3.84. The van der Waals surface area contributed by atoms with Crippen molar-refractivity contribution in [3.05, 3.63) is 22.8 Å². The van der Waals surface area contributed by atoms with Crippen molar-refractivity contribution in [2.75, 3.05) is 18.4 Å². The molecular weight excluding hydrogens is 277 g/mol. The van der Waals surface area contributed by atoms with Gasteiger partial charge in [0.1, 0.15) is 5.82 Å². The van der Waals surface area contributed by atoms with Crippen LogP contribution in [0.3, 0.4) is 0 Å². The van der Waals surface area contributed by atoms with Gasteiger partial charge in [0.15, 0.2) is 0 Å². The van der Waals surface area contributed by atoms with Crippen molar-refractivity contribution in [2.45, 2.75) is 0 Å². The van der Waals surface area contributed by atoms with Crippen LogP contribution >= 0.6 is 40.7 Å². The van der Waals surface area contributed by atoms with Gasteiger partial charge in [-0.25, -0.2) is 4.98 Å². The van der Waals surface area contributed by atoms with Crippen molar-refractivity contribution in [1.82, 2.24) is 4.98 Å². The van der Waals surface area contributed by atoms with Crippen molar-refractivity contribution >= 4 is 46.6 Å². The Labute approximate surface area is 98.4 Å². The molecule has 0 spiro atoms. The maximum Gasteiger partial charge on any atom is 0.126 e. The molecule has 1 aromatic heterocycles. The lowest BCUT2D eigenvalue weighted by Gasteiger charge is -2.01. The van der Waals surface area contributed by atoms with Crippen LogP contribution in [0.15, 0.2) is 22.8 Å². The van der Waals surface area contributed by atoms with Crippen LogP contribution in [0.1, 0.15) is 0 Å². The van der Waals surface area contributed by atoms with E-state index in [1.807, 2.05) is 12.1 Å². The summed E-state index contributed by atoms with van der Waals surface area (Å²) >= 11 is 3.30. The van der Waals surface area contributed by atoms with Crippen molar-refractivity contribution in [3.8, 4) is 0 Å². The molecule has 1 heterocycles. The second-order valence-electron chi connectivity index (χ2n) is 2.08. The molecule has 1 aromatic rings. The molecule has 0 bridgehead atoms. The molecule has 0 saturated carbocycles. The molecule has 13 heavy (non-hydrogen) atoms. The summed E-state index contributed by atoms with van der Waals surface area (Å²) in [6.07, 6.45) is 1.75. The average molecular weight is 289 g/mol. The Bertz CT molecular complexity index is 217. The molecule has 0 aliphatic heterocycles. The van der Waals surface area contributed by atoms with Crippen molar-refractivity contribution in [1.29, 1.82) is 0 Å². The molecule has 0 amide bonds. The van der Waals surface area contributed by atoms with E-state index in [0.29, 0.717) is 6.54 Å². The largest absolute Gasteiger partial charge is 0.369 e. The highest BCUT2D eigenvalue weighted by molar-refractivity contribution is 9.10. The van der Waals surface area contributed by atoms with Gasteiger partial charge in [0.25, 0.3) is 0 Å². The summed E-state index contributed by atoms with van der Waals surface area (Å²) < 4.78 is 0.982. The topological polar surface area (TPSA) is 50.9 Å². The number of nitrogens with one attached hydrogen (secondary N) is 1. The Morgan fingerprint density at radius 3 is 2.54 bits per heavy atom. The number of hydrogen-bond donors (Lipinski definition) is 2. The summed E-state index contributed by atoms with van der Waals surface area (Å²) in [7, 11) is 0. The van der Waals surface area contributed by atoms with Crippen LogP contribution in [0.5, 0.6) is 0 Å². The standard InChI is InChI=1S/C7H10BrN3.2ClH/c8-6-1-2-7(11-5-6)10-4-3-9;;/h1-2,5H,3-4,9H2,(H,10,11);2*1H. The molecule has 0 radical (unpaired) electrons. The summed E-state index contributed by atoms with van der Waals surface area (Å²) in [5, 5.41) is 3.06. The fourth-order valence-electron chi connectivity index (χ4n) is 0.681. The number of nitrogens with two attached hydrogens (primary N) is 1. The highest BCUT2D eigenvalue weighted by Gasteiger charge is 1.90. The fraction of sp³-hybridized carbons (Fsp3) is 0.286. The molecule has 0 aromatic carbocycles. The molecule has 1 rings (SSSR count). The molecule has 3 nitrogen and oxygen atoms in total. The zero-order valence-corrected chi connectivity index (χ0v) is 10.1. The lowest BCUT2D eigenvalue weighted by atomic mass is 10.4. The average Bonchev–Trinajstić information content (AvgIpc) is 2.04.